The average Bonchev–Trinajstić information content (AvgIpc) is 3.25. The highest BCUT2D eigenvalue weighted by atomic mass is 32.2. The molecule has 0 aliphatic rings. The van der Waals surface area contributed by atoms with Crippen molar-refractivity contribution in [1.82, 2.24) is 19.7 Å². The quantitative estimate of drug-likeness (QED) is 0.640. The molecule has 1 aromatic carbocycles. The van der Waals surface area contributed by atoms with Gasteiger partial charge in [-0.2, -0.15) is 0 Å². The summed E-state index contributed by atoms with van der Waals surface area (Å²) in [6.07, 6.45) is 1.65. The van der Waals surface area contributed by atoms with Crippen molar-refractivity contribution in [2.45, 2.75) is 23.9 Å². The van der Waals surface area contributed by atoms with Crippen LogP contribution in [0.2, 0.25) is 0 Å². The zero-order chi connectivity index (χ0) is 17.6. The van der Waals surface area contributed by atoms with Crippen LogP contribution in [0.15, 0.2) is 47.1 Å². The fourth-order valence-electron chi connectivity index (χ4n) is 1.94. The Morgan fingerprint density at radius 1 is 1.36 bits per heavy atom. The van der Waals surface area contributed by atoms with Crippen LogP contribution >= 0.6 is 23.1 Å². The summed E-state index contributed by atoms with van der Waals surface area (Å²) < 4.78 is 7.52. The second-order valence-electron chi connectivity index (χ2n) is 5.15. The Labute approximate surface area is 153 Å². The molecule has 3 aromatic rings. The number of rotatable bonds is 7. The molecule has 0 aliphatic carbocycles. The zero-order valence-electron chi connectivity index (χ0n) is 13.7. The first kappa shape index (κ1) is 17.4. The monoisotopic (exact) mass is 375 g/mol. The van der Waals surface area contributed by atoms with Crippen LogP contribution in [0.3, 0.4) is 0 Å². The number of hydrogen-bond acceptors (Lipinski definition) is 7. The maximum atomic E-state index is 12.2. The van der Waals surface area contributed by atoms with Crippen molar-refractivity contribution >= 4 is 34.1 Å². The number of thioether (sulfide) groups is 1. The molecule has 0 unspecified atom stereocenters. The van der Waals surface area contributed by atoms with E-state index in [4.69, 9.17) is 4.74 Å². The van der Waals surface area contributed by atoms with Gasteiger partial charge in [-0.15, -0.1) is 21.5 Å². The molecule has 130 valence electrons. The van der Waals surface area contributed by atoms with Crippen LogP contribution in [-0.2, 0) is 18.4 Å². The fraction of sp³-hybridized carbons (Fsp3) is 0.250. The van der Waals surface area contributed by atoms with Gasteiger partial charge in [0.15, 0.2) is 16.1 Å². The first-order valence-corrected chi connectivity index (χ1v) is 9.32. The summed E-state index contributed by atoms with van der Waals surface area (Å²) in [7, 11) is 1.86. The SMILES string of the molecule is C[C@@H](Sc1nnc(COc2ccccc2)n1C)C(=O)Nc1nccs1. The molecule has 0 radical (unpaired) electrons. The molecule has 1 atom stereocenters. The summed E-state index contributed by atoms with van der Waals surface area (Å²) >= 11 is 2.73. The molecule has 25 heavy (non-hydrogen) atoms. The number of aromatic nitrogens is 4. The minimum atomic E-state index is -0.324. The number of para-hydroxylation sites is 1. The van der Waals surface area contributed by atoms with Crippen LogP contribution in [0, 0.1) is 0 Å². The van der Waals surface area contributed by atoms with Crippen LogP contribution in [-0.4, -0.2) is 30.9 Å². The molecule has 0 saturated heterocycles. The van der Waals surface area contributed by atoms with Crippen LogP contribution in [0.5, 0.6) is 5.75 Å². The lowest BCUT2D eigenvalue weighted by atomic mass is 10.3. The van der Waals surface area contributed by atoms with Gasteiger partial charge < -0.3 is 14.6 Å². The van der Waals surface area contributed by atoms with Gasteiger partial charge in [0.1, 0.15) is 12.4 Å². The summed E-state index contributed by atoms with van der Waals surface area (Å²) in [6, 6.07) is 9.53. The molecule has 2 heterocycles. The van der Waals surface area contributed by atoms with Crippen molar-refractivity contribution in [2.24, 2.45) is 7.05 Å². The second kappa shape index (κ2) is 8.13. The maximum Gasteiger partial charge on any atom is 0.239 e. The fourth-order valence-corrected chi connectivity index (χ4v) is 3.31. The van der Waals surface area contributed by atoms with Crippen LogP contribution < -0.4 is 10.1 Å². The Balaban J connectivity index is 1.57. The highest BCUT2D eigenvalue weighted by Gasteiger charge is 2.19. The van der Waals surface area contributed by atoms with E-state index in [-0.39, 0.29) is 11.2 Å². The number of ether oxygens (including phenoxy) is 1. The van der Waals surface area contributed by atoms with Gasteiger partial charge in [0.25, 0.3) is 0 Å². The largest absolute Gasteiger partial charge is 0.486 e. The van der Waals surface area contributed by atoms with Gasteiger partial charge in [0.05, 0.1) is 5.25 Å². The molecule has 0 fully saturated rings. The molecule has 0 spiro atoms. The van der Waals surface area contributed by atoms with Gasteiger partial charge in [0.2, 0.25) is 5.91 Å². The summed E-state index contributed by atoms with van der Waals surface area (Å²) in [6.45, 7) is 2.14. The molecule has 3 rings (SSSR count). The smallest absolute Gasteiger partial charge is 0.239 e. The second-order valence-corrected chi connectivity index (χ2v) is 7.35. The molecule has 1 N–H and O–H groups in total. The van der Waals surface area contributed by atoms with Gasteiger partial charge in [-0.3, -0.25) is 4.79 Å². The highest BCUT2D eigenvalue weighted by molar-refractivity contribution is 8.00. The Kier molecular flexibility index (Phi) is 5.67. The van der Waals surface area contributed by atoms with Gasteiger partial charge >= 0.3 is 0 Å². The van der Waals surface area contributed by atoms with Crippen LogP contribution in [0.4, 0.5) is 5.13 Å². The van der Waals surface area contributed by atoms with E-state index in [9.17, 15) is 4.79 Å². The van der Waals surface area contributed by atoms with Gasteiger partial charge in [-0.1, -0.05) is 30.0 Å². The minimum Gasteiger partial charge on any atom is -0.486 e. The third kappa shape index (κ3) is 4.58. The molecule has 9 heteroatoms. The molecule has 2 aromatic heterocycles. The first-order chi connectivity index (χ1) is 12.1. The van der Waals surface area contributed by atoms with E-state index in [2.05, 4.69) is 20.5 Å². The van der Waals surface area contributed by atoms with Crippen molar-refractivity contribution in [2.75, 3.05) is 5.32 Å². The third-order valence-corrected chi connectivity index (χ3v) is 5.17. The van der Waals surface area contributed by atoms with Gasteiger partial charge in [-0.05, 0) is 19.1 Å². The van der Waals surface area contributed by atoms with Gasteiger partial charge in [0, 0.05) is 18.6 Å². The number of amides is 1. The number of thiazole rings is 1. The number of benzene rings is 1. The molecular weight excluding hydrogens is 358 g/mol. The van der Waals surface area contributed by atoms with Crippen molar-refractivity contribution in [3.8, 4) is 5.75 Å². The summed E-state index contributed by atoms with van der Waals surface area (Å²) in [5.74, 6) is 1.35. The molecule has 0 saturated carbocycles. The minimum absolute atomic E-state index is 0.120. The lowest BCUT2D eigenvalue weighted by Gasteiger charge is -2.10. The highest BCUT2D eigenvalue weighted by Crippen LogP contribution is 2.23. The van der Waals surface area contributed by atoms with Crippen LogP contribution in [0.1, 0.15) is 12.7 Å². The van der Waals surface area contributed by atoms with E-state index in [0.29, 0.717) is 22.7 Å². The Morgan fingerprint density at radius 2 is 2.16 bits per heavy atom. The van der Waals surface area contributed by atoms with E-state index < -0.39 is 0 Å². The van der Waals surface area contributed by atoms with E-state index in [1.54, 1.807) is 6.20 Å². The lowest BCUT2D eigenvalue weighted by Crippen LogP contribution is -2.22. The van der Waals surface area contributed by atoms with Crippen molar-refractivity contribution in [1.29, 1.82) is 0 Å². The molecular formula is C16H17N5O2S2. The zero-order valence-corrected chi connectivity index (χ0v) is 15.4. The predicted octanol–water partition coefficient (Wildman–Crippen LogP) is 2.97. The Morgan fingerprint density at radius 3 is 2.88 bits per heavy atom. The predicted molar refractivity (Wildman–Crippen MR) is 97.8 cm³/mol. The maximum absolute atomic E-state index is 12.2. The number of anilines is 1. The summed E-state index contributed by atoms with van der Waals surface area (Å²) in [5, 5.41) is 13.8. The standard InChI is InChI=1S/C16H17N5O2S2/c1-11(14(22)18-15-17-8-9-24-15)25-16-20-19-13(21(16)2)10-23-12-6-4-3-5-7-12/h3-9,11H,10H2,1-2H3,(H,17,18,22)/t11-/m1/s1. The number of carbonyl (C=O) groups excluding carboxylic acids is 1. The van der Waals surface area contributed by atoms with Crippen molar-refractivity contribution in [3.05, 3.63) is 47.7 Å². The van der Waals surface area contributed by atoms with E-state index in [1.165, 1.54) is 23.1 Å². The number of carbonyl (C=O) groups is 1. The number of nitrogens with zero attached hydrogens (tertiary/aromatic N) is 4. The Bertz CT molecular complexity index is 820. The molecule has 1 amide bonds. The van der Waals surface area contributed by atoms with E-state index >= 15 is 0 Å². The molecule has 0 bridgehead atoms. The lowest BCUT2D eigenvalue weighted by molar-refractivity contribution is -0.115. The van der Waals surface area contributed by atoms with Crippen molar-refractivity contribution < 1.29 is 9.53 Å². The summed E-state index contributed by atoms with van der Waals surface area (Å²) in [5.41, 5.74) is 0. The normalized spacial score (nSPS) is 11.9. The Hall–Kier alpha value is -2.39. The van der Waals surface area contributed by atoms with Crippen molar-refractivity contribution in [3.63, 3.8) is 0 Å². The van der Waals surface area contributed by atoms with E-state index in [1.807, 2.05) is 54.3 Å². The third-order valence-electron chi connectivity index (χ3n) is 3.35. The first-order valence-electron chi connectivity index (χ1n) is 7.56. The van der Waals surface area contributed by atoms with Crippen LogP contribution in [0.25, 0.3) is 0 Å². The topological polar surface area (TPSA) is 81.9 Å². The molecule has 0 aliphatic heterocycles. The molecule has 7 nitrogen and oxygen atoms in total. The number of nitrogens with one attached hydrogen (secondary N) is 1. The van der Waals surface area contributed by atoms with E-state index in [0.717, 1.165) is 5.75 Å². The summed E-state index contributed by atoms with van der Waals surface area (Å²) in [4.78, 5) is 16.2. The average molecular weight is 375 g/mol. The van der Waals surface area contributed by atoms with Gasteiger partial charge in [-0.25, -0.2) is 4.98 Å². The number of hydrogen-bond donors (Lipinski definition) is 1.